The Hall–Kier alpha value is -3.12. The fraction of sp³-hybridized carbons (Fsp3) is 0.607. The molecule has 4 atom stereocenters. The fourth-order valence-corrected chi connectivity index (χ4v) is 5.57. The van der Waals surface area contributed by atoms with Crippen LogP contribution >= 0.6 is 0 Å². The molecule has 3 saturated heterocycles. The molecule has 1 N–H and O–H groups in total. The minimum Gasteiger partial charge on any atom is -0.492 e. The molecule has 0 spiro atoms. The van der Waals surface area contributed by atoms with Crippen LogP contribution in [0.15, 0.2) is 28.7 Å². The van der Waals surface area contributed by atoms with Crippen LogP contribution < -0.4 is 10.1 Å². The molecule has 3 fully saturated rings. The van der Waals surface area contributed by atoms with Crippen LogP contribution in [0.25, 0.3) is 11.0 Å². The first-order valence-electron chi connectivity index (χ1n) is 13.7. The van der Waals surface area contributed by atoms with E-state index in [9.17, 15) is 27.6 Å². The topological polar surface area (TPSA) is 101 Å². The molecule has 3 aliphatic heterocycles. The number of ketones is 1. The van der Waals surface area contributed by atoms with Gasteiger partial charge in [-0.3, -0.25) is 19.3 Å². The van der Waals surface area contributed by atoms with E-state index in [1.807, 2.05) is 18.7 Å². The van der Waals surface area contributed by atoms with Crippen LogP contribution in [-0.4, -0.2) is 97.1 Å². The SMILES string of the molecule is CC(C)C[C@H](NC(=O)c1cc2cc(OCCN3CCC(F)(F)CC3)ccc2o1)C(=O)N1C[C@H](F)C2OCC(=O)C21. The van der Waals surface area contributed by atoms with Crippen LogP contribution in [0, 0.1) is 5.92 Å². The summed E-state index contributed by atoms with van der Waals surface area (Å²) in [6, 6.07) is 4.66. The summed E-state index contributed by atoms with van der Waals surface area (Å²) in [7, 11) is 0. The van der Waals surface area contributed by atoms with Gasteiger partial charge >= 0.3 is 0 Å². The largest absolute Gasteiger partial charge is 0.492 e. The van der Waals surface area contributed by atoms with E-state index < -0.39 is 42.1 Å². The average Bonchev–Trinajstić information content (AvgIpc) is 3.59. The number of ether oxygens (including phenoxy) is 2. The zero-order chi connectivity index (χ0) is 28.6. The molecule has 0 aliphatic carbocycles. The van der Waals surface area contributed by atoms with Crippen LogP contribution in [-0.2, 0) is 14.3 Å². The Bertz CT molecular complexity index is 1260. The standard InChI is InChI=1S/C28H34F3N3O6/c1-16(2)11-20(27(37)34-14-19(29)25-24(34)21(35)15-39-25)32-26(36)23-13-17-12-18(3-4-22(17)40-23)38-10-9-33-7-5-28(30,31)6-8-33/h3-4,12-13,16,19-20,24-25H,5-11,14-15H2,1-2H3,(H,32,36)/t19-,20-,24?,25?/m0/s1. The zero-order valence-electron chi connectivity index (χ0n) is 22.5. The Balaban J connectivity index is 1.22. The van der Waals surface area contributed by atoms with Crippen molar-refractivity contribution in [1.29, 1.82) is 0 Å². The van der Waals surface area contributed by atoms with Crippen LogP contribution in [0.2, 0.25) is 0 Å². The second kappa shape index (κ2) is 11.4. The van der Waals surface area contributed by atoms with Gasteiger partial charge in [0, 0.05) is 37.9 Å². The van der Waals surface area contributed by atoms with Gasteiger partial charge in [-0.15, -0.1) is 0 Å². The number of Topliss-reactive ketones (excluding diaryl/α,β-unsaturated/α-hetero) is 1. The van der Waals surface area contributed by atoms with E-state index >= 15 is 0 Å². The number of nitrogens with one attached hydrogen (secondary N) is 1. The Morgan fingerprint density at radius 2 is 1.95 bits per heavy atom. The van der Waals surface area contributed by atoms with Crippen LogP contribution in [0.3, 0.4) is 0 Å². The van der Waals surface area contributed by atoms with Crippen molar-refractivity contribution in [2.24, 2.45) is 5.92 Å². The highest BCUT2D eigenvalue weighted by molar-refractivity contribution is 6.00. The van der Waals surface area contributed by atoms with E-state index in [-0.39, 0.29) is 49.9 Å². The molecule has 0 saturated carbocycles. The van der Waals surface area contributed by atoms with E-state index in [2.05, 4.69) is 5.32 Å². The first kappa shape index (κ1) is 28.4. The Morgan fingerprint density at radius 3 is 2.67 bits per heavy atom. The molecule has 40 heavy (non-hydrogen) atoms. The summed E-state index contributed by atoms with van der Waals surface area (Å²) in [6.07, 6.45) is -2.44. The molecule has 1 aromatic carbocycles. The van der Waals surface area contributed by atoms with Gasteiger partial charge in [0.15, 0.2) is 11.5 Å². The van der Waals surface area contributed by atoms with Crippen molar-refractivity contribution < 1.29 is 41.4 Å². The molecular weight excluding hydrogens is 531 g/mol. The number of carbonyl (C=O) groups is 3. The van der Waals surface area contributed by atoms with Gasteiger partial charge in [-0.1, -0.05) is 13.8 Å². The zero-order valence-corrected chi connectivity index (χ0v) is 22.5. The summed E-state index contributed by atoms with van der Waals surface area (Å²) in [5.41, 5.74) is 0.443. The number of carbonyl (C=O) groups excluding carboxylic acids is 3. The van der Waals surface area contributed by atoms with Gasteiger partial charge in [0.25, 0.3) is 11.8 Å². The maximum atomic E-state index is 14.5. The molecule has 2 unspecified atom stereocenters. The number of rotatable bonds is 9. The van der Waals surface area contributed by atoms with E-state index in [4.69, 9.17) is 13.9 Å². The number of furan rings is 1. The van der Waals surface area contributed by atoms with Gasteiger partial charge in [-0.2, -0.15) is 0 Å². The van der Waals surface area contributed by atoms with Crippen molar-refractivity contribution in [2.75, 3.05) is 39.4 Å². The summed E-state index contributed by atoms with van der Waals surface area (Å²) in [5.74, 6) is -3.51. The fourth-order valence-electron chi connectivity index (χ4n) is 5.57. The molecule has 0 radical (unpaired) electrons. The van der Waals surface area contributed by atoms with E-state index in [1.165, 1.54) is 4.90 Å². The summed E-state index contributed by atoms with van der Waals surface area (Å²) in [6.45, 7) is 4.80. The molecule has 218 valence electrons. The maximum absolute atomic E-state index is 14.5. The smallest absolute Gasteiger partial charge is 0.287 e. The van der Waals surface area contributed by atoms with Gasteiger partial charge < -0.3 is 24.1 Å². The molecule has 5 rings (SSSR count). The third-order valence-electron chi connectivity index (χ3n) is 7.69. The monoisotopic (exact) mass is 565 g/mol. The number of nitrogens with zero attached hydrogens (tertiary/aromatic N) is 2. The molecule has 0 bridgehead atoms. The average molecular weight is 566 g/mol. The number of benzene rings is 1. The third kappa shape index (κ3) is 6.12. The van der Waals surface area contributed by atoms with Crippen molar-refractivity contribution in [3.63, 3.8) is 0 Å². The molecule has 3 aliphatic rings. The second-order valence-corrected chi connectivity index (χ2v) is 11.2. The van der Waals surface area contributed by atoms with Gasteiger partial charge in [0.1, 0.15) is 48.9 Å². The Labute approximate surface area is 229 Å². The van der Waals surface area contributed by atoms with Crippen LogP contribution in [0.1, 0.15) is 43.7 Å². The maximum Gasteiger partial charge on any atom is 0.287 e. The predicted molar refractivity (Wildman–Crippen MR) is 138 cm³/mol. The normalized spacial score (nSPS) is 25.4. The second-order valence-electron chi connectivity index (χ2n) is 11.2. The molecule has 1 aromatic heterocycles. The molecule has 2 amide bonds. The number of piperidine rings is 1. The minimum atomic E-state index is -2.59. The van der Waals surface area contributed by atoms with E-state index in [0.717, 1.165) is 0 Å². The molecule has 12 heteroatoms. The number of hydrogen-bond donors (Lipinski definition) is 1. The highest BCUT2D eigenvalue weighted by Gasteiger charge is 2.53. The highest BCUT2D eigenvalue weighted by Crippen LogP contribution is 2.31. The number of likely N-dealkylation sites (tertiary alicyclic amines) is 2. The minimum absolute atomic E-state index is 0.00843. The first-order valence-corrected chi connectivity index (χ1v) is 13.7. The van der Waals surface area contributed by atoms with Crippen LogP contribution in [0.4, 0.5) is 13.2 Å². The quantitative estimate of drug-likeness (QED) is 0.498. The van der Waals surface area contributed by atoms with Gasteiger partial charge in [-0.25, -0.2) is 13.2 Å². The highest BCUT2D eigenvalue weighted by atomic mass is 19.3. The Kier molecular flexibility index (Phi) is 8.10. The van der Waals surface area contributed by atoms with Gasteiger partial charge in [0.2, 0.25) is 5.91 Å². The number of amides is 2. The van der Waals surface area contributed by atoms with Crippen molar-refractivity contribution in [3.8, 4) is 5.75 Å². The lowest BCUT2D eigenvalue weighted by Gasteiger charge is -2.31. The summed E-state index contributed by atoms with van der Waals surface area (Å²) in [4.78, 5) is 41.9. The van der Waals surface area contributed by atoms with Gasteiger partial charge in [-0.05, 0) is 36.6 Å². The molecule has 2 aromatic rings. The number of alkyl halides is 3. The molecular formula is C28H34F3N3O6. The number of fused-ring (bicyclic) bond motifs is 2. The number of hydrogen-bond acceptors (Lipinski definition) is 7. The predicted octanol–water partition coefficient (Wildman–Crippen LogP) is 3.20. The summed E-state index contributed by atoms with van der Waals surface area (Å²) in [5, 5.41) is 3.33. The third-order valence-corrected chi connectivity index (χ3v) is 7.69. The Morgan fingerprint density at radius 1 is 1.20 bits per heavy atom. The lowest BCUT2D eigenvalue weighted by atomic mass is 10.0. The van der Waals surface area contributed by atoms with Crippen molar-refractivity contribution >= 4 is 28.6 Å². The lowest BCUT2D eigenvalue weighted by Crippen LogP contribution is -2.52. The van der Waals surface area contributed by atoms with Crippen molar-refractivity contribution in [2.45, 2.75) is 63.4 Å². The lowest BCUT2D eigenvalue weighted by molar-refractivity contribution is -0.138. The van der Waals surface area contributed by atoms with E-state index in [1.54, 1.807) is 24.3 Å². The van der Waals surface area contributed by atoms with E-state index in [0.29, 0.717) is 43.0 Å². The molecule has 9 nitrogen and oxygen atoms in total. The van der Waals surface area contributed by atoms with Crippen molar-refractivity contribution in [3.05, 3.63) is 30.0 Å². The number of halogens is 3. The molecule has 4 heterocycles. The van der Waals surface area contributed by atoms with Crippen molar-refractivity contribution in [1.82, 2.24) is 15.1 Å². The summed E-state index contributed by atoms with van der Waals surface area (Å²) < 4.78 is 57.9. The summed E-state index contributed by atoms with van der Waals surface area (Å²) >= 11 is 0. The first-order chi connectivity index (χ1) is 19.0. The van der Waals surface area contributed by atoms with Crippen LogP contribution in [0.5, 0.6) is 5.75 Å². The van der Waals surface area contributed by atoms with Gasteiger partial charge in [0.05, 0.1) is 6.54 Å².